The summed E-state index contributed by atoms with van der Waals surface area (Å²) >= 11 is 0. The molecule has 0 unspecified atom stereocenters. The fraction of sp³-hybridized carbons (Fsp3) is 0.333. The zero-order chi connectivity index (χ0) is 13.3. The quantitative estimate of drug-likeness (QED) is 0.719. The molecule has 0 spiro atoms. The van der Waals surface area contributed by atoms with E-state index in [1.54, 1.807) is 6.07 Å². The summed E-state index contributed by atoms with van der Waals surface area (Å²) in [5.74, 6) is -0.300. The predicted octanol–water partition coefficient (Wildman–Crippen LogP) is 3.50. The molecule has 1 heterocycles. The van der Waals surface area contributed by atoms with E-state index in [1.807, 2.05) is 52.1 Å². The SMILES string of the molecule is Cc1cnc2ccc(C(=O)OC(C)(C)C)cc2c1. The summed E-state index contributed by atoms with van der Waals surface area (Å²) in [4.78, 5) is 16.2. The number of nitrogens with zero attached hydrogens (tertiary/aromatic N) is 1. The first-order chi connectivity index (χ1) is 8.35. The Morgan fingerprint density at radius 2 is 1.94 bits per heavy atom. The second-order valence-corrected chi connectivity index (χ2v) is 5.42. The summed E-state index contributed by atoms with van der Waals surface area (Å²) < 4.78 is 5.34. The van der Waals surface area contributed by atoms with Crippen molar-refractivity contribution >= 4 is 16.9 Å². The molecule has 2 aromatic rings. The highest BCUT2D eigenvalue weighted by Crippen LogP contribution is 2.18. The van der Waals surface area contributed by atoms with Gasteiger partial charge in [-0.15, -0.1) is 0 Å². The van der Waals surface area contributed by atoms with Crippen LogP contribution in [-0.2, 0) is 4.74 Å². The molecule has 0 aliphatic carbocycles. The number of hydrogen-bond acceptors (Lipinski definition) is 3. The van der Waals surface area contributed by atoms with E-state index in [-0.39, 0.29) is 5.97 Å². The molecule has 94 valence electrons. The number of benzene rings is 1. The normalized spacial score (nSPS) is 11.6. The number of esters is 1. The van der Waals surface area contributed by atoms with Gasteiger partial charge in [-0.2, -0.15) is 0 Å². The van der Waals surface area contributed by atoms with Gasteiger partial charge in [-0.25, -0.2) is 4.79 Å². The molecular formula is C15H17NO2. The molecule has 2 rings (SSSR count). The number of aromatic nitrogens is 1. The van der Waals surface area contributed by atoms with Crippen LogP contribution in [0.5, 0.6) is 0 Å². The predicted molar refractivity (Wildman–Crippen MR) is 71.6 cm³/mol. The Hall–Kier alpha value is -1.90. The topological polar surface area (TPSA) is 39.2 Å². The van der Waals surface area contributed by atoms with Crippen molar-refractivity contribution in [3.8, 4) is 0 Å². The highest BCUT2D eigenvalue weighted by atomic mass is 16.6. The Labute approximate surface area is 107 Å². The van der Waals surface area contributed by atoms with Crippen molar-refractivity contribution in [2.45, 2.75) is 33.3 Å². The Morgan fingerprint density at radius 1 is 1.22 bits per heavy atom. The van der Waals surface area contributed by atoms with Gasteiger partial charge in [0.1, 0.15) is 5.60 Å². The molecule has 0 atom stereocenters. The standard InChI is InChI=1S/C15H17NO2/c1-10-7-12-8-11(5-6-13(12)16-9-10)14(17)18-15(2,3)4/h5-9H,1-4H3. The Kier molecular flexibility index (Phi) is 3.07. The van der Waals surface area contributed by atoms with Crippen LogP contribution in [0.3, 0.4) is 0 Å². The molecule has 18 heavy (non-hydrogen) atoms. The van der Waals surface area contributed by atoms with Gasteiger partial charge >= 0.3 is 5.97 Å². The highest BCUT2D eigenvalue weighted by Gasteiger charge is 2.17. The molecule has 0 fully saturated rings. The maximum absolute atomic E-state index is 11.9. The van der Waals surface area contributed by atoms with E-state index in [2.05, 4.69) is 4.98 Å². The van der Waals surface area contributed by atoms with E-state index in [9.17, 15) is 4.79 Å². The van der Waals surface area contributed by atoms with Crippen molar-refractivity contribution < 1.29 is 9.53 Å². The molecule has 1 aromatic heterocycles. The second-order valence-electron chi connectivity index (χ2n) is 5.42. The molecule has 0 amide bonds. The molecule has 0 bridgehead atoms. The zero-order valence-corrected chi connectivity index (χ0v) is 11.2. The van der Waals surface area contributed by atoms with Crippen molar-refractivity contribution in [1.82, 2.24) is 4.98 Å². The lowest BCUT2D eigenvalue weighted by Gasteiger charge is -2.19. The molecule has 0 N–H and O–H groups in total. The van der Waals surface area contributed by atoms with E-state index in [4.69, 9.17) is 4.74 Å². The fourth-order valence-electron chi connectivity index (χ4n) is 1.71. The van der Waals surface area contributed by atoms with Crippen LogP contribution in [0, 0.1) is 6.92 Å². The lowest BCUT2D eigenvalue weighted by molar-refractivity contribution is 0.00697. The summed E-state index contributed by atoms with van der Waals surface area (Å²) in [6, 6.07) is 7.42. The summed E-state index contributed by atoms with van der Waals surface area (Å²) in [6.45, 7) is 7.56. The van der Waals surface area contributed by atoms with Gasteiger partial charge in [-0.1, -0.05) is 0 Å². The van der Waals surface area contributed by atoms with Gasteiger partial charge in [0.25, 0.3) is 0 Å². The minimum Gasteiger partial charge on any atom is -0.456 e. The first kappa shape index (κ1) is 12.6. The van der Waals surface area contributed by atoms with E-state index in [0.29, 0.717) is 5.56 Å². The van der Waals surface area contributed by atoms with E-state index in [0.717, 1.165) is 16.5 Å². The van der Waals surface area contributed by atoms with E-state index >= 15 is 0 Å². The molecular weight excluding hydrogens is 226 g/mol. The Morgan fingerprint density at radius 3 is 2.61 bits per heavy atom. The summed E-state index contributed by atoms with van der Waals surface area (Å²) in [5, 5.41) is 0.957. The molecule has 0 radical (unpaired) electrons. The van der Waals surface area contributed by atoms with Crippen LogP contribution in [0.2, 0.25) is 0 Å². The van der Waals surface area contributed by atoms with Gasteiger partial charge in [-0.3, -0.25) is 4.98 Å². The highest BCUT2D eigenvalue weighted by molar-refractivity contribution is 5.94. The molecule has 1 aromatic carbocycles. The van der Waals surface area contributed by atoms with Crippen molar-refractivity contribution in [1.29, 1.82) is 0 Å². The van der Waals surface area contributed by atoms with Crippen LogP contribution in [0.1, 0.15) is 36.7 Å². The first-order valence-electron chi connectivity index (χ1n) is 5.95. The number of carbonyl (C=O) groups is 1. The van der Waals surface area contributed by atoms with Crippen LogP contribution in [0.4, 0.5) is 0 Å². The first-order valence-corrected chi connectivity index (χ1v) is 5.95. The van der Waals surface area contributed by atoms with Crippen LogP contribution in [-0.4, -0.2) is 16.6 Å². The van der Waals surface area contributed by atoms with Gasteiger partial charge in [0, 0.05) is 11.6 Å². The number of pyridine rings is 1. The molecule has 0 aliphatic heterocycles. The van der Waals surface area contributed by atoms with Crippen LogP contribution in [0.15, 0.2) is 30.5 Å². The summed E-state index contributed by atoms with van der Waals surface area (Å²) in [5.41, 5.74) is 2.04. The Balaban J connectivity index is 2.37. The molecule has 0 aliphatic rings. The third-order valence-corrected chi connectivity index (χ3v) is 2.45. The number of aryl methyl sites for hydroxylation is 1. The minimum atomic E-state index is -0.475. The fourth-order valence-corrected chi connectivity index (χ4v) is 1.71. The lowest BCUT2D eigenvalue weighted by Crippen LogP contribution is -2.23. The lowest BCUT2D eigenvalue weighted by atomic mass is 10.1. The van der Waals surface area contributed by atoms with Gasteiger partial charge in [0.15, 0.2) is 0 Å². The third kappa shape index (κ3) is 2.86. The van der Waals surface area contributed by atoms with Gasteiger partial charge in [-0.05, 0) is 57.5 Å². The average molecular weight is 243 g/mol. The number of carbonyl (C=O) groups excluding carboxylic acids is 1. The summed E-state index contributed by atoms with van der Waals surface area (Å²) in [6.07, 6.45) is 1.81. The van der Waals surface area contributed by atoms with E-state index < -0.39 is 5.60 Å². The maximum atomic E-state index is 11.9. The van der Waals surface area contributed by atoms with Crippen molar-refractivity contribution in [2.24, 2.45) is 0 Å². The largest absolute Gasteiger partial charge is 0.456 e. The smallest absolute Gasteiger partial charge is 0.338 e. The van der Waals surface area contributed by atoms with Crippen molar-refractivity contribution in [3.05, 3.63) is 41.6 Å². The van der Waals surface area contributed by atoms with Gasteiger partial charge in [0.05, 0.1) is 11.1 Å². The Bertz CT molecular complexity index is 597. The van der Waals surface area contributed by atoms with Gasteiger partial charge in [0.2, 0.25) is 0 Å². The molecule has 0 saturated carbocycles. The minimum absolute atomic E-state index is 0.300. The second kappa shape index (κ2) is 4.41. The van der Waals surface area contributed by atoms with Crippen LogP contribution >= 0.6 is 0 Å². The number of rotatable bonds is 1. The van der Waals surface area contributed by atoms with Crippen LogP contribution < -0.4 is 0 Å². The van der Waals surface area contributed by atoms with Crippen molar-refractivity contribution in [3.63, 3.8) is 0 Å². The van der Waals surface area contributed by atoms with Crippen molar-refractivity contribution in [2.75, 3.05) is 0 Å². The van der Waals surface area contributed by atoms with E-state index in [1.165, 1.54) is 0 Å². The van der Waals surface area contributed by atoms with Gasteiger partial charge < -0.3 is 4.74 Å². The third-order valence-electron chi connectivity index (χ3n) is 2.45. The number of ether oxygens (including phenoxy) is 1. The van der Waals surface area contributed by atoms with Crippen LogP contribution in [0.25, 0.3) is 10.9 Å². The summed E-state index contributed by atoms with van der Waals surface area (Å²) in [7, 11) is 0. The molecule has 3 nitrogen and oxygen atoms in total. The molecule has 0 saturated heterocycles. The number of hydrogen-bond donors (Lipinski definition) is 0. The maximum Gasteiger partial charge on any atom is 0.338 e. The monoisotopic (exact) mass is 243 g/mol. The number of fused-ring (bicyclic) bond motifs is 1. The average Bonchev–Trinajstić information content (AvgIpc) is 2.25. The zero-order valence-electron chi connectivity index (χ0n) is 11.2. The molecule has 3 heteroatoms.